The summed E-state index contributed by atoms with van der Waals surface area (Å²) < 4.78 is 0. The van der Waals surface area contributed by atoms with Gasteiger partial charge in [0.2, 0.25) is 0 Å². The summed E-state index contributed by atoms with van der Waals surface area (Å²) in [5.41, 5.74) is 9.36. The van der Waals surface area contributed by atoms with E-state index in [0.717, 1.165) is 6.42 Å². The molecule has 0 aliphatic rings. The summed E-state index contributed by atoms with van der Waals surface area (Å²) >= 11 is 0. The molecule has 0 heterocycles. The molecule has 0 spiro atoms. The number of hydrogen-bond donors (Lipinski definition) is 0. The molecule has 2 rings (SSSR count). The minimum atomic E-state index is 0.0867. The first kappa shape index (κ1) is 25.7. The van der Waals surface area contributed by atoms with Crippen LogP contribution in [0.4, 0.5) is 0 Å². The van der Waals surface area contributed by atoms with Crippen molar-refractivity contribution in [3.63, 3.8) is 0 Å². The average Bonchev–Trinajstić information content (AvgIpc) is 2.59. The lowest BCUT2D eigenvalue weighted by Gasteiger charge is -2.37. The lowest BCUT2D eigenvalue weighted by molar-refractivity contribution is 0.512. The smallest absolute Gasteiger partial charge is 0.00899 e. The predicted molar refractivity (Wildman–Crippen MR) is 140 cm³/mol. The minimum Gasteiger partial charge on any atom is -0.0645 e. The quantitative estimate of drug-likeness (QED) is 0.464. The third-order valence-electron chi connectivity index (χ3n) is 6.53. The maximum Gasteiger partial charge on any atom is 0.00899 e. The highest BCUT2D eigenvalue weighted by molar-refractivity contribution is 5.52. The first-order valence-corrected chi connectivity index (χ1v) is 12.2. The molecular formula is C31H48. The second-order valence-corrected chi connectivity index (χ2v) is 13.6. The van der Waals surface area contributed by atoms with Crippen molar-refractivity contribution in [3.05, 3.63) is 69.8 Å². The Labute approximate surface area is 193 Å². The molecule has 0 radical (unpaired) electrons. The molecule has 0 saturated carbocycles. The summed E-state index contributed by atoms with van der Waals surface area (Å²) in [6.07, 6.45) is 1.11. The molecule has 1 atom stereocenters. The van der Waals surface area contributed by atoms with E-state index >= 15 is 0 Å². The van der Waals surface area contributed by atoms with Crippen molar-refractivity contribution in [2.75, 3.05) is 0 Å². The molecule has 0 aromatic heterocycles. The average molecular weight is 421 g/mol. The van der Waals surface area contributed by atoms with Gasteiger partial charge in [-0.3, -0.25) is 0 Å². The van der Waals surface area contributed by atoms with Crippen LogP contribution in [0, 0.1) is 0 Å². The fourth-order valence-corrected chi connectivity index (χ4v) is 4.66. The van der Waals surface area contributed by atoms with Crippen LogP contribution in [-0.4, -0.2) is 0 Å². The predicted octanol–water partition coefficient (Wildman–Crippen LogP) is 9.42. The van der Waals surface area contributed by atoms with Crippen LogP contribution in [0.2, 0.25) is 0 Å². The van der Waals surface area contributed by atoms with E-state index in [-0.39, 0.29) is 21.7 Å². The van der Waals surface area contributed by atoms with Gasteiger partial charge in [0, 0.05) is 5.92 Å². The first-order valence-electron chi connectivity index (χ1n) is 12.2. The van der Waals surface area contributed by atoms with Crippen molar-refractivity contribution >= 4 is 0 Å². The van der Waals surface area contributed by atoms with Gasteiger partial charge in [-0.15, -0.1) is 0 Å². The number of hydrogen-bond acceptors (Lipinski definition) is 0. The van der Waals surface area contributed by atoms with Crippen molar-refractivity contribution in [1.29, 1.82) is 0 Å². The summed E-state index contributed by atoms with van der Waals surface area (Å²) in [5, 5.41) is 0. The molecular weight excluding hydrogens is 372 g/mol. The van der Waals surface area contributed by atoms with Gasteiger partial charge in [-0.2, -0.15) is 0 Å². The van der Waals surface area contributed by atoms with Gasteiger partial charge in [0.25, 0.3) is 0 Å². The Morgan fingerprint density at radius 1 is 0.613 bits per heavy atom. The van der Waals surface area contributed by atoms with E-state index in [9.17, 15) is 0 Å². The lowest BCUT2D eigenvalue weighted by atomic mass is 9.67. The Bertz CT molecular complexity index is 899. The van der Waals surface area contributed by atoms with Gasteiger partial charge < -0.3 is 0 Å². The van der Waals surface area contributed by atoms with Gasteiger partial charge in [0.05, 0.1) is 0 Å². The highest BCUT2D eigenvalue weighted by Crippen LogP contribution is 2.44. The Balaban J connectivity index is 2.93. The highest BCUT2D eigenvalue weighted by Gasteiger charge is 2.33. The molecule has 0 N–H and O–H groups in total. The van der Waals surface area contributed by atoms with Crippen molar-refractivity contribution in [2.45, 2.75) is 124 Å². The maximum absolute atomic E-state index is 2.54. The molecule has 172 valence electrons. The van der Waals surface area contributed by atoms with E-state index in [0.29, 0.717) is 5.92 Å². The molecule has 0 fully saturated rings. The van der Waals surface area contributed by atoms with Crippen LogP contribution in [0.15, 0.2) is 36.4 Å². The second kappa shape index (κ2) is 8.42. The molecule has 0 amide bonds. The minimum absolute atomic E-state index is 0.0867. The summed E-state index contributed by atoms with van der Waals surface area (Å²) in [6.45, 7) is 30.6. The van der Waals surface area contributed by atoms with E-state index in [2.05, 4.69) is 126 Å². The highest BCUT2D eigenvalue weighted by atomic mass is 14.4. The fourth-order valence-electron chi connectivity index (χ4n) is 4.66. The van der Waals surface area contributed by atoms with E-state index in [1.54, 1.807) is 5.56 Å². The molecule has 2 aromatic rings. The van der Waals surface area contributed by atoms with E-state index in [1.165, 1.54) is 27.8 Å². The number of benzene rings is 2. The van der Waals surface area contributed by atoms with Gasteiger partial charge >= 0.3 is 0 Å². The Morgan fingerprint density at radius 3 is 1.58 bits per heavy atom. The van der Waals surface area contributed by atoms with Crippen LogP contribution in [0.1, 0.15) is 136 Å². The standard InChI is InChI=1S/C31H48/c1-14-24(21-16-15-17-22(18-21)28(2,3)4)25-19-23(29(5,6)7)20-26(30(8,9)10)27(25)31(11,12)13/h15-20,24H,14H2,1-13H3. The van der Waals surface area contributed by atoms with Gasteiger partial charge in [-0.1, -0.05) is 126 Å². The van der Waals surface area contributed by atoms with Crippen LogP contribution >= 0.6 is 0 Å². The lowest BCUT2D eigenvalue weighted by Crippen LogP contribution is -2.27. The third kappa shape index (κ3) is 5.82. The van der Waals surface area contributed by atoms with Crippen molar-refractivity contribution < 1.29 is 0 Å². The molecule has 31 heavy (non-hydrogen) atoms. The Kier molecular flexibility index (Phi) is 6.98. The summed E-state index contributed by atoms with van der Waals surface area (Å²) in [7, 11) is 0. The van der Waals surface area contributed by atoms with Crippen LogP contribution in [0.25, 0.3) is 0 Å². The summed E-state index contributed by atoms with van der Waals surface area (Å²) in [6, 6.07) is 14.4. The van der Waals surface area contributed by atoms with Gasteiger partial charge in [0.1, 0.15) is 0 Å². The number of rotatable bonds is 3. The molecule has 0 aliphatic carbocycles. The zero-order valence-corrected chi connectivity index (χ0v) is 22.7. The van der Waals surface area contributed by atoms with E-state index in [4.69, 9.17) is 0 Å². The molecule has 2 aromatic carbocycles. The first-order chi connectivity index (χ1) is 13.9. The summed E-state index contributed by atoms with van der Waals surface area (Å²) in [5.74, 6) is 0.403. The van der Waals surface area contributed by atoms with Crippen molar-refractivity contribution in [2.24, 2.45) is 0 Å². The molecule has 0 nitrogen and oxygen atoms in total. The fraction of sp³-hybridized carbons (Fsp3) is 0.613. The van der Waals surface area contributed by atoms with Gasteiger partial charge in [-0.25, -0.2) is 0 Å². The van der Waals surface area contributed by atoms with Crippen molar-refractivity contribution in [3.8, 4) is 0 Å². The van der Waals surface area contributed by atoms with E-state index in [1.807, 2.05) is 0 Å². The molecule has 0 heteroatoms. The monoisotopic (exact) mass is 420 g/mol. The van der Waals surface area contributed by atoms with E-state index < -0.39 is 0 Å². The summed E-state index contributed by atoms with van der Waals surface area (Å²) in [4.78, 5) is 0. The molecule has 0 bridgehead atoms. The third-order valence-corrected chi connectivity index (χ3v) is 6.53. The Morgan fingerprint density at radius 2 is 1.16 bits per heavy atom. The van der Waals surface area contributed by atoms with Crippen LogP contribution in [0.3, 0.4) is 0 Å². The van der Waals surface area contributed by atoms with Gasteiger partial charge in [0.15, 0.2) is 0 Å². The van der Waals surface area contributed by atoms with Crippen LogP contribution in [-0.2, 0) is 21.7 Å². The normalized spacial score (nSPS) is 14.6. The molecule has 1 unspecified atom stereocenters. The zero-order valence-electron chi connectivity index (χ0n) is 22.7. The topological polar surface area (TPSA) is 0 Å². The van der Waals surface area contributed by atoms with Gasteiger partial charge in [-0.05, 0) is 61.5 Å². The van der Waals surface area contributed by atoms with Crippen molar-refractivity contribution in [1.82, 2.24) is 0 Å². The maximum atomic E-state index is 2.54. The Hall–Kier alpha value is -1.56. The SMILES string of the molecule is CCC(c1cccc(C(C)(C)C)c1)c1cc(C(C)(C)C)cc(C(C)(C)C)c1C(C)(C)C. The second-order valence-electron chi connectivity index (χ2n) is 13.6. The zero-order chi connectivity index (χ0) is 24.0. The molecule has 0 saturated heterocycles. The van der Waals surface area contributed by atoms with Crippen LogP contribution in [0.5, 0.6) is 0 Å². The van der Waals surface area contributed by atoms with Crippen LogP contribution < -0.4 is 0 Å². The molecule has 0 aliphatic heterocycles. The largest absolute Gasteiger partial charge is 0.0645 e.